The zero-order valence-electron chi connectivity index (χ0n) is 43.0. The lowest BCUT2D eigenvalue weighted by atomic mass is 9.47. The van der Waals surface area contributed by atoms with Gasteiger partial charge in [0, 0.05) is 43.8 Å². The molecule has 0 aliphatic heterocycles. The van der Waals surface area contributed by atoms with Gasteiger partial charge in [0.2, 0.25) is 23.6 Å². The van der Waals surface area contributed by atoms with Gasteiger partial charge in [-0.15, -0.1) is 0 Å². The van der Waals surface area contributed by atoms with E-state index in [0.29, 0.717) is 30.6 Å². The number of nitrogens with one attached hydrogen (secondary N) is 2. The highest BCUT2D eigenvalue weighted by atomic mass is 16.7. The van der Waals surface area contributed by atoms with E-state index in [4.69, 9.17) is 19.9 Å². The number of fused-ring (bicyclic) bond motifs is 5. The third-order valence-corrected chi connectivity index (χ3v) is 16.6. The van der Waals surface area contributed by atoms with E-state index in [1.165, 1.54) is 94.7 Å². The van der Waals surface area contributed by atoms with Crippen LogP contribution in [0.15, 0.2) is 60.2 Å². The summed E-state index contributed by atoms with van der Waals surface area (Å²) in [6, 6.07) is 7.42. The number of hydrogen-bond acceptors (Lipinski definition) is 11. The predicted octanol–water partition coefficient (Wildman–Crippen LogP) is 9.19. The quantitative estimate of drug-likeness (QED) is 0.0192. The Hall–Kier alpha value is -5.84. The van der Waals surface area contributed by atoms with E-state index in [9.17, 15) is 44.0 Å². The van der Waals surface area contributed by atoms with Crippen molar-refractivity contribution in [2.24, 2.45) is 52.1 Å². The van der Waals surface area contributed by atoms with Crippen LogP contribution in [0.5, 0.6) is 5.75 Å². The minimum atomic E-state index is -1.73. The Morgan fingerprint density at radius 2 is 1.60 bits per heavy atom. The molecule has 2 aromatic carbocycles. The van der Waals surface area contributed by atoms with E-state index in [-0.39, 0.29) is 54.0 Å². The molecular formula is C55H77N5O12. The van der Waals surface area contributed by atoms with E-state index >= 15 is 0 Å². The van der Waals surface area contributed by atoms with Gasteiger partial charge >= 0.3 is 12.1 Å². The molecule has 72 heavy (non-hydrogen) atoms. The van der Waals surface area contributed by atoms with Crippen LogP contribution in [-0.2, 0) is 40.1 Å². The maximum Gasteiger partial charge on any atom is 0.514 e. The number of carbonyl (C=O) groups excluding carboxylic acids is 5. The van der Waals surface area contributed by atoms with Crippen molar-refractivity contribution in [2.75, 3.05) is 18.1 Å². The number of carboxylic acid groups (broad SMARTS) is 1. The number of nitrogens with two attached hydrogens (primary N) is 1. The van der Waals surface area contributed by atoms with E-state index in [2.05, 4.69) is 51.3 Å². The third-order valence-electron chi connectivity index (χ3n) is 16.6. The van der Waals surface area contributed by atoms with Gasteiger partial charge in [0.15, 0.2) is 0 Å². The molecule has 1 unspecified atom stereocenters. The Morgan fingerprint density at radius 3 is 2.26 bits per heavy atom. The largest absolute Gasteiger partial charge is 0.514 e. The van der Waals surface area contributed by atoms with Crippen LogP contribution in [0.25, 0.3) is 0 Å². The van der Waals surface area contributed by atoms with Crippen molar-refractivity contribution < 1.29 is 53.0 Å². The Bertz CT molecular complexity index is 2290. The molecule has 0 saturated heterocycles. The molecular weight excluding hydrogens is 923 g/mol. The van der Waals surface area contributed by atoms with Crippen molar-refractivity contribution in [3.63, 3.8) is 0 Å². The molecule has 4 aliphatic rings. The zero-order valence-corrected chi connectivity index (χ0v) is 43.0. The highest BCUT2D eigenvalue weighted by molar-refractivity contribution is 6.04. The fourth-order valence-corrected chi connectivity index (χ4v) is 12.8. The van der Waals surface area contributed by atoms with Crippen LogP contribution in [0.3, 0.4) is 0 Å². The van der Waals surface area contributed by atoms with Crippen molar-refractivity contribution >= 4 is 47.1 Å². The van der Waals surface area contributed by atoms with Crippen LogP contribution in [0.2, 0.25) is 0 Å². The first kappa shape index (κ1) is 55.5. The molecule has 4 aliphatic carbocycles. The highest BCUT2D eigenvalue weighted by Crippen LogP contribution is 2.67. The summed E-state index contributed by atoms with van der Waals surface area (Å²) in [6.45, 7) is 14.4. The lowest BCUT2D eigenvalue weighted by Gasteiger charge is -2.58. The standard InChI is InChI=1S/C55H77N5O12/c1-34(2)9-7-10-35(3)44-21-22-45-43-20-13-38-31-42(25-27-54(38,5)46(43)26-28-55(44,45)6)70-30-8-29-57-49(62)23-24-50(63)58-36(4)51(64)59(47(52(65)66)32-48(56)61)39-14-11-37(12-15-39)33-71-53(67)72-41-18-16-40(17-19-41)60(68)69/h11-19,34-36,42-47H,7-10,20-33H2,1-6H3,(H2,56,61)(H,57,62)(H,58,63)(H,65,66)/t35-,36+,42?,43+,44-,45+,46+,47+,54+,55-/m1/s1. The summed E-state index contributed by atoms with van der Waals surface area (Å²) in [5, 5.41) is 26.3. The van der Waals surface area contributed by atoms with Crippen LogP contribution >= 0.6 is 0 Å². The number of allylic oxidation sites excluding steroid dienone is 1. The summed E-state index contributed by atoms with van der Waals surface area (Å²) in [7, 11) is 0. The zero-order chi connectivity index (χ0) is 52.3. The summed E-state index contributed by atoms with van der Waals surface area (Å²) in [5.74, 6) is 0.495. The van der Waals surface area contributed by atoms with Gasteiger partial charge in [-0.1, -0.05) is 77.7 Å². The predicted molar refractivity (Wildman–Crippen MR) is 270 cm³/mol. The average molecular weight is 1000 g/mol. The van der Waals surface area contributed by atoms with Gasteiger partial charge in [-0.3, -0.25) is 34.2 Å². The Balaban J connectivity index is 0.914. The molecule has 3 fully saturated rings. The second kappa shape index (κ2) is 24.7. The average Bonchev–Trinajstić information content (AvgIpc) is 3.70. The number of hydrogen-bond donors (Lipinski definition) is 4. The lowest BCUT2D eigenvalue weighted by molar-refractivity contribution is -0.384. The number of amides is 4. The lowest BCUT2D eigenvalue weighted by Crippen LogP contribution is -2.54. The van der Waals surface area contributed by atoms with Crippen molar-refractivity contribution in [3.8, 4) is 5.75 Å². The minimum absolute atomic E-state index is 0.0156. The molecule has 0 heterocycles. The highest BCUT2D eigenvalue weighted by Gasteiger charge is 2.59. The summed E-state index contributed by atoms with van der Waals surface area (Å²) < 4.78 is 16.5. The van der Waals surface area contributed by atoms with E-state index in [1.807, 2.05) is 0 Å². The fraction of sp³-hybridized carbons (Fsp3) is 0.636. The first-order valence-electron chi connectivity index (χ1n) is 26.1. The first-order chi connectivity index (χ1) is 34.2. The van der Waals surface area contributed by atoms with Crippen LogP contribution in [-0.4, -0.2) is 77.1 Å². The third kappa shape index (κ3) is 13.8. The number of carbonyl (C=O) groups is 6. The summed E-state index contributed by atoms with van der Waals surface area (Å²) in [6.07, 6.45) is 15.1. The normalized spacial score (nSPS) is 25.5. The number of anilines is 1. The van der Waals surface area contributed by atoms with Crippen LogP contribution in [0.4, 0.5) is 16.2 Å². The van der Waals surface area contributed by atoms with Gasteiger partial charge in [0.05, 0.1) is 17.4 Å². The molecule has 5 N–H and O–H groups in total. The molecule has 17 nitrogen and oxygen atoms in total. The molecule has 4 amide bonds. The van der Waals surface area contributed by atoms with Gasteiger partial charge in [0.25, 0.3) is 5.69 Å². The molecule has 0 spiro atoms. The number of non-ortho nitro benzene ring substituents is 1. The molecule has 2 aromatic rings. The van der Waals surface area contributed by atoms with Crippen molar-refractivity contribution in [3.05, 3.63) is 75.9 Å². The van der Waals surface area contributed by atoms with Crippen LogP contribution < -0.4 is 26.0 Å². The fourth-order valence-electron chi connectivity index (χ4n) is 12.8. The molecule has 6 rings (SSSR count). The smallest absolute Gasteiger partial charge is 0.480 e. The Morgan fingerprint density at radius 1 is 0.889 bits per heavy atom. The maximum absolute atomic E-state index is 13.8. The number of aliphatic carboxylic acids is 1. The van der Waals surface area contributed by atoms with Gasteiger partial charge in [-0.25, -0.2) is 9.59 Å². The van der Waals surface area contributed by atoms with Crippen molar-refractivity contribution in [1.82, 2.24) is 10.6 Å². The van der Waals surface area contributed by atoms with Crippen LogP contribution in [0.1, 0.15) is 143 Å². The van der Waals surface area contributed by atoms with E-state index in [0.717, 1.165) is 71.8 Å². The molecule has 0 aromatic heterocycles. The number of nitrogens with zero attached hydrogens (tertiary/aromatic N) is 2. The topological polar surface area (TPSA) is 247 Å². The Kier molecular flexibility index (Phi) is 19.0. The number of carboxylic acids is 1. The van der Waals surface area contributed by atoms with Gasteiger partial charge in [-0.2, -0.15) is 0 Å². The SMILES string of the molecule is CC(C)CCC[C@@H](C)[C@H]1CC[C@H]2[C@@H]3CC=C4CC(OCCCNC(=O)CCC(=O)N[C@@H](C)C(=O)N(c5ccc(COC(=O)Oc6ccc([N+](=O)[O-])cc6)cc5)[C@@H](CC(N)=O)C(=O)O)CC[C@]4(C)[C@H]3CC[C@]12C. The van der Waals surface area contributed by atoms with Gasteiger partial charge in [-0.05, 0) is 141 Å². The minimum Gasteiger partial charge on any atom is -0.480 e. The molecule has 10 atom stereocenters. The number of nitro groups is 1. The van der Waals surface area contributed by atoms with Crippen LogP contribution in [0, 0.1) is 56.5 Å². The molecule has 0 radical (unpaired) electrons. The number of ether oxygens (including phenoxy) is 3. The molecule has 394 valence electrons. The monoisotopic (exact) mass is 1000 g/mol. The molecule has 0 bridgehead atoms. The number of benzene rings is 2. The second-order valence-electron chi connectivity index (χ2n) is 21.8. The van der Waals surface area contributed by atoms with E-state index in [1.54, 1.807) is 5.57 Å². The van der Waals surface area contributed by atoms with Gasteiger partial charge < -0.3 is 35.7 Å². The summed E-state index contributed by atoms with van der Waals surface area (Å²) >= 11 is 0. The number of rotatable bonds is 24. The first-order valence-corrected chi connectivity index (χ1v) is 26.1. The number of nitro benzene ring substituents is 1. The number of primary amides is 1. The summed E-state index contributed by atoms with van der Waals surface area (Å²) in [5.41, 5.74) is 7.93. The van der Waals surface area contributed by atoms with Crippen molar-refractivity contribution in [1.29, 1.82) is 0 Å². The van der Waals surface area contributed by atoms with Gasteiger partial charge in [0.1, 0.15) is 24.4 Å². The summed E-state index contributed by atoms with van der Waals surface area (Å²) in [4.78, 5) is 87.2. The second-order valence-corrected chi connectivity index (χ2v) is 21.8. The van der Waals surface area contributed by atoms with E-state index < -0.39 is 53.3 Å². The molecule has 17 heteroatoms. The molecule has 3 saturated carbocycles. The van der Waals surface area contributed by atoms with Crippen molar-refractivity contribution in [2.45, 2.75) is 163 Å². The maximum atomic E-state index is 13.8. The Labute approximate surface area is 423 Å².